The van der Waals surface area contributed by atoms with Crippen LogP contribution >= 0.6 is 11.6 Å². The lowest BCUT2D eigenvalue weighted by molar-refractivity contribution is -0.140. The maximum atomic E-state index is 9.82. The van der Waals surface area contributed by atoms with E-state index in [2.05, 4.69) is 52.9 Å². The van der Waals surface area contributed by atoms with Crippen LogP contribution in [0.25, 0.3) is 22.0 Å². The Bertz CT molecular complexity index is 794. The van der Waals surface area contributed by atoms with Crippen molar-refractivity contribution in [3.05, 3.63) is 59.8 Å². The lowest BCUT2D eigenvalue weighted by Gasteiger charge is -1.99. The van der Waals surface area contributed by atoms with Gasteiger partial charge in [-0.15, -0.1) is 0 Å². The number of aromatic nitrogens is 1. The SMILES string of the molecule is CCOC(C)=O.Cn1cc(-c2ccccc2)c2cc(Cl)ccc21. The number of nitrogens with zero attached hydrogens (tertiary/aromatic N) is 1. The average molecular weight is 330 g/mol. The molecule has 0 bridgehead atoms. The molecule has 0 aliphatic rings. The van der Waals surface area contributed by atoms with E-state index in [1.165, 1.54) is 29.0 Å². The maximum absolute atomic E-state index is 9.82. The molecule has 3 rings (SSSR count). The van der Waals surface area contributed by atoms with Crippen molar-refractivity contribution < 1.29 is 9.53 Å². The third kappa shape index (κ3) is 4.36. The van der Waals surface area contributed by atoms with E-state index in [0.717, 1.165) is 5.02 Å². The minimum absolute atomic E-state index is 0.211. The van der Waals surface area contributed by atoms with Gasteiger partial charge >= 0.3 is 5.97 Å². The van der Waals surface area contributed by atoms with E-state index < -0.39 is 0 Å². The van der Waals surface area contributed by atoms with Crippen molar-refractivity contribution >= 4 is 28.5 Å². The molecule has 4 heteroatoms. The molecule has 120 valence electrons. The number of hydrogen-bond donors (Lipinski definition) is 0. The van der Waals surface area contributed by atoms with E-state index in [9.17, 15) is 4.79 Å². The van der Waals surface area contributed by atoms with E-state index in [1.807, 2.05) is 18.2 Å². The number of aryl methyl sites for hydroxylation is 1. The Kier molecular flexibility index (Phi) is 5.83. The number of benzene rings is 2. The van der Waals surface area contributed by atoms with Crippen LogP contribution in [0.5, 0.6) is 0 Å². The summed E-state index contributed by atoms with van der Waals surface area (Å²) < 4.78 is 6.54. The fraction of sp³-hybridized carbons (Fsp3) is 0.211. The van der Waals surface area contributed by atoms with Gasteiger partial charge in [0.15, 0.2) is 0 Å². The Morgan fingerprint density at radius 1 is 1.17 bits per heavy atom. The molecule has 0 aliphatic carbocycles. The van der Waals surface area contributed by atoms with Crippen LogP contribution < -0.4 is 0 Å². The third-order valence-electron chi connectivity index (χ3n) is 3.38. The second kappa shape index (κ2) is 7.84. The highest BCUT2D eigenvalue weighted by Gasteiger charge is 2.08. The highest BCUT2D eigenvalue weighted by atomic mass is 35.5. The van der Waals surface area contributed by atoms with Gasteiger partial charge in [0.2, 0.25) is 0 Å². The number of ether oxygens (including phenoxy) is 1. The molecule has 0 saturated carbocycles. The highest BCUT2D eigenvalue weighted by molar-refractivity contribution is 6.31. The van der Waals surface area contributed by atoms with Crippen molar-refractivity contribution in [2.75, 3.05) is 6.61 Å². The van der Waals surface area contributed by atoms with E-state index >= 15 is 0 Å². The Balaban J connectivity index is 0.000000277. The molecular weight excluding hydrogens is 310 g/mol. The predicted molar refractivity (Wildman–Crippen MR) is 95.7 cm³/mol. The number of halogens is 1. The number of rotatable bonds is 2. The Morgan fingerprint density at radius 2 is 1.87 bits per heavy atom. The molecule has 0 radical (unpaired) electrons. The molecule has 1 aromatic heterocycles. The van der Waals surface area contributed by atoms with Crippen LogP contribution in [0.3, 0.4) is 0 Å². The standard InChI is InChI=1S/C15H12ClN.C4H8O2/c1-17-10-14(11-5-3-2-4-6-11)13-9-12(16)7-8-15(13)17;1-3-6-4(2)5/h2-10H,1H3;3H2,1-2H3. The fourth-order valence-electron chi connectivity index (χ4n) is 2.42. The molecule has 0 fully saturated rings. The second-order valence-electron chi connectivity index (χ2n) is 5.11. The summed E-state index contributed by atoms with van der Waals surface area (Å²) in [6.07, 6.45) is 2.15. The molecule has 0 atom stereocenters. The first-order valence-electron chi connectivity index (χ1n) is 7.46. The van der Waals surface area contributed by atoms with E-state index in [1.54, 1.807) is 6.92 Å². The summed E-state index contributed by atoms with van der Waals surface area (Å²) in [6, 6.07) is 16.4. The lowest BCUT2D eigenvalue weighted by atomic mass is 10.1. The summed E-state index contributed by atoms with van der Waals surface area (Å²) >= 11 is 6.08. The van der Waals surface area contributed by atoms with Gasteiger partial charge in [-0.3, -0.25) is 4.79 Å². The zero-order valence-corrected chi connectivity index (χ0v) is 14.3. The van der Waals surface area contributed by atoms with Gasteiger partial charge in [-0.1, -0.05) is 41.9 Å². The number of carbonyl (C=O) groups is 1. The quantitative estimate of drug-likeness (QED) is 0.615. The van der Waals surface area contributed by atoms with E-state index in [4.69, 9.17) is 11.6 Å². The van der Waals surface area contributed by atoms with Gasteiger partial charge in [0.25, 0.3) is 0 Å². The van der Waals surface area contributed by atoms with Crippen LogP contribution in [0.15, 0.2) is 54.7 Å². The van der Waals surface area contributed by atoms with Crippen LogP contribution in [0.2, 0.25) is 5.02 Å². The monoisotopic (exact) mass is 329 g/mol. The number of carbonyl (C=O) groups excluding carboxylic acids is 1. The molecule has 3 aromatic rings. The predicted octanol–water partition coefficient (Wildman–Crippen LogP) is 5.07. The van der Waals surface area contributed by atoms with Crippen LogP contribution in [-0.2, 0) is 16.6 Å². The summed E-state index contributed by atoms with van der Waals surface area (Å²) in [7, 11) is 2.06. The first-order chi connectivity index (χ1) is 11.0. The van der Waals surface area contributed by atoms with Gasteiger partial charge in [0, 0.05) is 41.7 Å². The van der Waals surface area contributed by atoms with Gasteiger partial charge < -0.3 is 9.30 Å². The first-order valence-corrected chi connectivity index (χ1v) is 7.84. The molecule has 1 heterocycles. The molecule has 2 aromatic carbocycles. The van der Waals surface area contributed by atoms with Crippen molar-refractivity contribution in [1.29, 1.82) is 0 Å². The molecule has 23 heavy (non-hydrogen) atoms. The molecule has 0 amide bonds. The number of esters is 1. The Morgan fingerprint density at radius 3 is 2.43 bits per heavy atom. The largest absolute Gasteiger partial charge is 0.466 e. The molecule has 0 spiro atoms. The molecule has 0 N–H and O–H groups in total. The Labute approximate surface area is 141 Å². The molecule has 3 nitrogen and oxygen atoms in total. The fourth-order valence-corrected chi connectivity index (χ4v) is 2.59. The molecule has 0 aliphatic heterocycles. The first kappa shape index (κ1) is 17.1. The lowest BCUT2D eigenvalue weighted by Crippen LogP contribution is -1.95. The second-order valence-corrected chi connectivity index (χ2v) is 5.54. The molecular formula is C19H20ClNO2. The van der Waals surface area contributed by atoms with Crippen molar-refractivity contribution in [3.63, 3.8) is 0 Å². The van der Waals surface area contributed by atoms with Crippen molar-refractivity contribution in [2.45, 2.75) is 13.8 Å². The highest BCUT2D eigenvalue weighted by Crippen LogP contribution is 2.31. The normalized spacial score (nSPS) is 10.1. The Hall–Kier alpha value is -2.26. The number of fused-ring (bicyclic) bond motifs is 1. The van der Waals surface area contributed by atoms with Crippen molar-refractivity contribution in [1.82, 2.24) is 4.57 Å². The average Bonchev–Trinajstić information content (AvgIpc) is 2.85. The van der Waals surface area contributed by atoms with Gasteiger partial charge in [0.1, 0.15) is 0 Å². The van der Waals surface area contributed by atoms with E-state index in [-0.39, 0.29) is 5.97 Å². The van der Waals surface area contributed by atoms with Gasteiger partial charge in [0.05, 0.1) is 6.61 Å². The van der Waals surface area contributed by atoms with Crippen molar-refractivity contribution in [3.8, 4) is 11.1 Å². The van der Waals surface area contributed by atoms with Crippen LogP contribution in [0.4, 0.5) is 0 Å². The molecule has 0 unspecified atom stereocenters. The molecule has 0 saturated heterocycles. The van der Waals surface area contributed by atoms with Gasteiger partial charge in [-0.25, -0.2) is 0 Å². The summed E-state index contributed by atoms with van der Waals surface area (Å²) in [5, 5.41) is 1.98. The number of hydrogen-bond acceptors (Lipinski definition) is 2. The van der Waals surface area contributed by atoms with Crippen LogP contribution in [0.1, 0.15) is 13.8 Å². The smallest absolute Gasteiger partial charge is 0.302 e. The van der Waals surface area contributed by atoms with E-state index in [0.29, 0.717) is 6.61 Å². The van der Waals surface area contributed by atoms with Crippen molar-refractivity contribution in [2.24, 2.45) is 7.05 Å². The van der Waals surface area contributed by atoms with Gasteiger partial charge in [-0.2, -0.15) is 0 Å². The minimum Gasteiger partial charge on any atom is -0.466 e. The van der Waals surface area contributed by atoms with Gasteiger partial charge in [-0.05, 0) is 30.7 Å². The zero-order chi connectivity index (χ0) is 16.8. The summed E-state index contributed by atoms with van der Waals surface area (Å²) in [5.41, 5.74) is 3.65. The van der Waals surface area contributed by atoms with Crippen LogP contribution in [-0.4, -0.2) is 17.1 Å². The zero-order valence-electron chi connectivity index (χ0n) is 13.5. The summed E-state index contributed by atoms with van der Waals surface area (Å²) in [5.74, 6) is -0.211. The third-order valence-corrected chi connectivity index (χ3v) is 3.62. The maximum Gasteiger partial charge on any atom is 0.302 e. The topological polar surface area (TPSA) is 31.2 Å². The summed E-state index contributed by atoms with van der Waals surface area (Å²) in [4.78, 5) is 9.82. The minimum atomic E-state index is -0.211. The summed E-state index contributed by atoms with van der Waals surface area (Å²) in [6.45, 7) is 3.65. The van der Waals surface area contributed by atoms with Crippen LogP contribution in [0, 0.1) is 0 Å².